The van der Waals surface area contributed by atoms with Crippen molar-refractivity contribution in [2.24, 2.45) is 0 Å². The van der Waals surface area contributed by atoms with Crippen molar-refractivity contribution in [2.45, 2.75) is 32.9 Å². The van der Waals surface area contributed by atoms with Crippen LogP contribution in [0.4, 0.5) is 0 Å². The van der Waals surface area contributed by atoms with Crippen LogP contribution in [0.5, 0.6) is 0 Å². The third kappa shape index (κ3) is 2.56. The third-order valence-electron chi connectivity index (χ3n) is 2.47. The van der Waals surface area contributed by atoms with Crippen LogP contribution in [0.2, 0.25) is 0 Å². The summed E-state index contributed by atoms with van der Waals surface area (Å²) in [6.07, 6.45) is 3.48. The number of hydrogen-bond donors (Lipinski definition) is 2. The molecule has 2 unspecified atom stereocenters. The van der Waals surface area contributed by atoms with Gasteiger partial charge in [-0.25, -0.2) is 4.98 Å². The first-order chi connectivity index (χ1) is 7.07. The van der Waals surface area contributed by atoms with E-state index in [-0.39, 0.29) is 6.04 Å². The van der Waals surface area contributed by atoms with Crippen LogP contribution in [0.1, 0.15) is 25.7 Å². The fraction of sp³-hybridized carbons (Fsp3) is 0.600. The lowest BCUT2D eigenvalue weighted by Gasteiger charge is -2.23. The fourth-order valence-corrected chi connectivity index (χ4v) is 1.66. The van der Waals surface area contributed by atoms with Crippen LogP contribution in [-0.2, 0) is 4.79 Å². The molecule has 1 heterocycles. The average Bonchev–Trinajstić information content (AvgIpc) is 2.59. The van der Waals surface area contributed by atoms with Gasteiger partial charge in [0.25, 0.3) is 0 Å². The van der Waals surface area contributed by atoms with E-state index in [4.69, 9.17) is 5.11 Å². The highest BCUT2D eigenvalue weighted by Gasteiger charge is 2.25. The highest BCUT2D eigenvalue weighted by atomic mass is 16.4. The number of nitrogens with one attached hydrogen (secondary N) is 1. The molecule has 0 aliphatic rings. The molecule has 2 N–H and O–H groups in total. The second kappa shape index (κ2) is 4.93. The minimum Gasteiger partial charge on any atom is -0.480 e. The topological polar surface area (TPSA) is 67.2 Å². The van der Waals surface area contributed by atoms with Gasteiger partial charge in [0.05, 0.1) is 6.04 Å². The van der Waals surface area contributed by atoms with E-state index in [0.717, 1.165) is 5.82 Å². The van der Waals surface area contributed by atoms with Gasteiger partial charge in [-0.15, -0.1) is 0 Å². The lowest BCUT2D eigenvalue weighted by Crippen LogP contribution is -2.42. The summed E-state index contributed by atoms with van der Waals surface area (Å²) in [5, 5.41) is 12.0. The van der Waals surface area contributed by atoms with Gasteiger partial charge in [-0.05, 0) is 20.4 Å². The van der Waals surface area contributed by atoms with Crippen molar-refractivity contribution < 1.29 is 9.90 Å². The largest absolute Gasteiger partial charge is 0.480 e. The smallest absolute Gasteiger partial charge is 0.322 e. The van der Waals surface area contributed by atoms with Crippen LogP contribution in [0.15, 0.2) is 12.4 Å². The van der Waals surface area contributed by atoms with Gasteiger partial charge in [0, 0.05) is 12.4 Å². The zero-order valence-electron chi connectivity index (χ0n) is 9.27. The monoisotopic (exact) mass is 211 g/mol. The van der Waals surface area contributed by atoms with Gasteiger partial charge in [0.15, 0.2) is 0 Å². The van der Waals surface area contributed by atoms with Crippen LogP contribution in [-0.4, -0.2) is 33.2 Å². The van der Waals surface area contributed by atoms with Crippen LogP contribution < -0.4 is 5.32 Å². The number of hydrogen-bond acceptors (Lipinski definition) is 3. The Bertz CT molecular complexity index is 335. The SMILES string of the molecule is CCNC(C(=O)O)C(C)n1ccnc1C. The third-order valence-corrected chi connectivity index (χ3v) is 2.47. The zero-order chi connectivity index (χ0) is 11.4. The van der Waals surface area contributed by atoms with Crippen LogP contribution in [0, 0.1) is 6.92 Å². The number of aliphatic carboxylic acids is 1. The number of likely N-dealkylation sites (N-methyl/N-ethyl adjacent to an activating group) is 1. The number of aryl methyl sites for hydroxylation is 1. The Balaban J connectivity index is 2.85. The summed E-state index contributed by atoms with van der Waals surface area (Å²) in [4.78, 5) is 15.1. The molecule has 84 valence electrons. The molecule has 0 aliphatic carbocycles. The summed E-state index contributed by atoms with van der Waals surface area (Å²) < 4.78 is 1.86. The van der Waals surface area contributed by atoms with E-state index in [1.807, 2.05) is 25.3 Å². The number of carbonyl (C=O) groups is 1. The average molecular weight is 211 g/mol. The maximum absolute atomic E-state index is 11.0. The summed E-state index contributed by atoms with van der Waals surface area (Å²) in [5.74, 6) is -0.0101. The van der Waals surface area contributed by atoms with Crippen LogP contribution >= 0.6 is 0 Å². The van der Waals surface area contributed by atoms with Gasteiger partial charge in [-0.2, -0.15) is 0 Å². The minimum absolute atomic E-state index is 0.148. The first-order valence-electron chi connectivity index (χ1n) is 5.03. The summed E-state index contributed by atoms with van der Waals surface area (Å²) in [6, 6.07) is -0.729. The Morgan fingerprint density at radius 1 is 1.73 bits per heavy atom. The van der Waals surface area contributed by atoms with Gasteiger partial charge >= 0.3 is 5.97 Å². The molecule has 2 atom stereocenters. The fourth-order valence-electron chi connectivity index (χ4n) is 1.66. The molecule has 0 saturated carbocycles. The molecule has 0 amide bonds. The van der Waals surface area contributed by atoms with Crippen molar-refractivity contribution in [3.05, 3.63) is 18.2 Å². The molecule has 5 heteroatoms. The molecule has 15 heavy (non-hydrogen) atoms. The number of carboxylic acids is 1. The lowest BCUT2D eigenvalue weighted by atomic mass is 10.1. The standard InChI is InChI=1S/C10H17N3O2/c1-4-11-9(10(14)15)7(2)13-6-5-12-8(13)3/h5-7,9,11H,4H2,1-3H3,(H,14,15). The van der Waals surface area contributed by atoms with Gasteiger partial charge in [-0.3, -0.25) is 4.79 Å². The van der Waals surface area contributed by atoms with E-state index in [2.05, 4.69) is 10.3 Å². The molecule has 0 bridgehead atoms. The quantitative estimate of drug-likeness (QED) is 0.756. The molecular formula is C10H17N3O2. The number of aromatic nitrogens is 2. The molecule has 0 aromatic carbocycles. The Labute approximate surface area is 89.1 Å². The van der Waals surface area contributed by atoms with E-state index in [0.29, 0.717) is 6.54 Å². The Morgan fingerprint density at radius 2 is 2.40 bits per heavy atom. The molecule has 0 spiro atoms. The predicted octanol–water partition coefficient (Wildman–Crippen LogP) is 0.815. The molecule has 0 radical (unpaired) electrons. The van der Waals surface area contributed by atoms with Gasteiger partial charge in [0.1, 0.15) is 11.9 Å². The highest BCUT2D eigenvalue weighted by molar-refractivity contribution is 5.74. The lowest BCUT2D eigenvalue weighted by molar-refractivity contribution is -0.140. The zero-order valence-corrected chi connectivity index (χ0v) is 9.27. The summed E-state index contributed by atoms with van der Waals surface area (Å²) in [6.45, 7) is 6.26. The number of imidazole rings is 1. The van der Waals surface area contributed by atoms with Crippen molar-refractivity contribution in [1.29, 1.82) is 0 Å². The second-order valence-corrected chi connectivity index (χ2v) is 3.50. The Hall–Kier alpha value is -1.36. The minimum atomic E-state index is -0.836. The van der Waals surface area contributed by atoms with Crippen molar-refractivity contribution in [3.63, 3.8) is 0 Å². The molecule has 1 aromatic heterocycles. The van der Waals surface area contributed by atoms with E-state index in [9.17, 15) is 4.79 Å². The summed E-state index contributed by atoms with van der Waals surface area (Å²) in [7, 11) is 0. The highest BCUT2D eigenvalue weighted by Crippen LogP contribution is 2.13. The molecule has 5 nitrogen and oxygen atoms in total. The van der Waals surface area contributed by atoms with Crippen LogP contribution in [0.3, 0.4) is 0 Å². The molecule has 0 saturated heterocycles. The van der Waals surface area contributed by atoms with Crippen molar-refractivity contribution >= 4 is 5.97 Å². The van der Waals surface area contributed by atoms with Crippen molar-refractivity contribution in [2.75, 3.05) is 6.54 Å². The van der Waals surface area contributed by atoms with Crippen molar-refractivity contribution in [3.8, 4) is 0 Å². The maximum Gasteiger partial charge on any atom is 0.322 e. The van der Waals surface area contributed by atoms with E-state index >= 15 is 0 Å². The van der Waals surface area contributed by atoms with Crippen LogP contribution in [0.25, 0.3) is 0 Å². The normalized spacial score (nSPS) is 14.9. The van der Waals surface area contributed by atoms with E-state index < -0.39 is 12.0 Å². The molecular weight excluding hydrogens is 194 g/mol. The van der Waals surface area contributed by atoms with E-state index in [1.165, 1.54) is 0 Å². The first kappa shape index (κ1) is 11.7. The predicted molar refractivity (Wildman–Crippen MR) is 56.8 cm³/mol. The van der Waals surface area contributed by atoms with Crippen molar-refractivity contribution in [1.82, 2.24) is 14.9 Å². The molecule has 1 rings (SSSR count). The first-order valence-corrected chi connectivity index (χ1v) is 5.03. The summed E-state index contributed by atoms with van der Waals surface area (Å²) >= 11 is 0. The number of nitrogens with zero attached hydrogens (tertiary/aromatic N) is 2. The second-order valence-electron chi connectivity index (χ2n) is 3.50. The molecule has 1 aromatic rings. The summed E-state index contributed by atoms with van der Waals surface area (Å²) in [5.41, 5.74) is 0. The number of carboxylic acid groups (broad SMARTS) is 1. The van der Waals surface area contributed by atoms with E-state index in [1.54, 1.807) is 12.4 Å². The van der Waals surface area contributed by atoms with Gasteiger partial charge in [-0.1, -0.05) is 6.92 Å². The Morgan fingerprint density at radius 3 is 2.80 bits per heavy atom. The van der Waals surface area contributed by atoms with Gasteiger partial charge in [0.2, 0.25) is 0 Å². The maximum atomic E-state index is 11.0. The molecule has 0 aliphatic heterocycles. The number of rotatable bonds is 5. The molecule has 0 fully saturated rings. The van der Waals surface area contributed by atoms with Gasteiger partial charge < -0.3 is 15.0 Å². The Kier molecular flexibility index (Phi) is 3.85.